The van der Waals surface area contributed by atoms with Crippen LogP contribution in [0.4, 0.5) is 0 Å². The van der Waals surface area contributed by atoms with E-state index >= 15 is 0 Å². The molecule has 2 aromatic heterocycles. The fraction of sp³-hybridized carbons (Fsp3) is 0.227. The van der Waals surface area contributed by atoms with E-state index in [0.717, 1.165) is 29.5 Å². The number of hydrogen-bond acceptors (Lipinski definition) is 3. The third kappa shape index (κ3) is 3.82. The van der Waals surface area contributed by atoms with Gasteiger partial charge in [0, 0.05) is 48.9 Å². The highest BCUT2D eigenvalue weighted by Crippen LogP contribution is 2.24. The number of aromatic nitrogens is 3. The molecule has 1 aliphatic rings. The summed E-state index contributed by atoms with van der Waals surface area (Å²) in [5, 5.41) is 7.33. The van der Waals surface area contributed by atoms with Crippen LogP contribution in [0, 0.1) is 6.92 Å². The van der Waals surface area contributed by atoms with Gasteiger partial charge in [-0.15, -0.1) is 0 Å². The lowest BCUT2D eigenvalue weighted by atomic mass is 10.0. The van der Waals surface area contributed by atoms with Gasteiger partial charge in [-0.1, -0.05) is 23.8 Å². The molecule has 1 unspecified atom stereocenters. The van der Waals surface area contributed by atoms with E-state index in [1.807, 2.05) is 31.6 Å². The molecule has 5 nitrogen and oxygen atoms in total. The molecule has 4 rings (SSSR count). The molecule has 5 heteroatoms. The molecule has 27 heavy (non-hydrogen) atoms. The number of carbonyl (C=O) groups excluding carboxylic acids is 1. The maximum atomic E-state index is 12.4. The fourth-order valence-corrected chi connectivity index (χ4v) is 3.63. The van der Waals surface area contributed by atoms with Crippen molar-refractivity contribution in [3.05, 3.63) is 77.4 Å². The Morgan fingerprint density at radius 3 is 2.89 bits per heavy atom. The first kappa shape index (κ1) is 17.2. The maximum Gasteiger partial charge on any atom is 0.244 e. The van der Waals surface area contributed by atoms with Gasteiger partial charge in [0.05, 0.1) is 6.20 Å². The minimum atomic E-state index is -0.0782. The summed E-state index contributed by atoms with van der Waals surface area (Å²) < 4.78 is 1.76. The Hall–Kier alpha value is -3.21. The number of aryl methyl sites for hydroxylation is 2. The Morgan fingerprint density at radius 2 is 2.07 bits per heavy atom. The Labute approximate surface area is 158 Å². The van der Waals surface area contributed by atoms with Gasteiger partial charge in [-0.2, -0.15) is 5.10 Å². The van der Waals surface area contributed by atoms with Crippen molar-refractivity contribution in [3.8, 4) is 11.1 Å². The number of pyridine rings is 1. The maximum absolute atomic E-state index is 12.4. The Kier molecular flexibility index (Phi) is 4.59. The summed E-state index contributed by atoms with van der Waals surface area (Å²) in [7, 11) is 1.88. The molecular formula is C22H22N4O. The number of fused-ring (bicyclic) bond motifs is 1. The lowest BCUT2D eigenvalue weighted by Crippen LogP contribution is -2.34. The first-order valence-electron chi connectivity index (χ1n) is 9.08. The molecule has 1 aromatic carbocycles. The van der Waals surface area contributed by atoms with Crippen molar-refractivity contribution in [3.63, 3.8) is 0 Å². The van der Waals surface area contributed by atoms with Crippen molar-refractivity contribution >= 4 is 12.0 Å². The number of amides is 1. The van der Waals surface area contributed by atoms with Gasteiger partial charge in [-0.05, 0) is 48.6 Å². The van der Waals surface area contributed by atoms with Crippen molar-refractivity contribution in [2.24, 2.45) is 7.05 Å². The van der Waals surface area contributed by atoms with Gasteiger partial charge in [-0.25, -0.2) is 0 Å². The van der Waals surface area contributed by atoms with E-state index in [1.165, 1.54) is 16.7 Å². The molecule has 0 saturated carbocycles. The quantitative estimate of drug-likeness (QED) is 0.729. The van der Waals surface area contributed by atoms with E-state index in [4.69, 9.17) is 0 Å². The summed E-state index contributed by atoms with van der Waals surface area (Å²) in [6, 6.07) is 8.61. The topological polar surface area (TPSA) is 59.8 Å². The van der Waals surface area contributed by atoms with Crippen LogP contribution >= 0.6 is 0 Å². The summed E-state index contributed by atoms with van der Waals surface area (Å²) in [4.78, 5) is 16.6. The van der Waals surface area contributed by atoms with Crippen LogP contribution in [0.2, 0.25) is 0 Å². The smallest absolute Gasteiger partial charge is 0.244 e. The fourth-order valence-electron chi connectivity index (χ4n) is 3.63. The molecule has 0 fully saturated rings. The summed E-state index contributed by atoms with van der Waals surface area (Å²) in [5.41, 5.74) is 6.84. The van der Waals surface area contributed by atoms with Gasteiger partial charge in [-0.3, -0.25) is 14.5 Å². The zero-order valence-electron chi connectivity index (χ0n) is 15.5. The van der Waals surface area contributed by atoms with Crippen LogP contribution in [0.3, 0.4) is 0 Å². The number of nitrogens with zero attached hydrogens (tertiary/aromatic N) is 3. The van der Waals surface area contributed by atoms with Crippen molar-refractivity contribution in [2.45, 2.75) is 25.8 Å². The first-order valence-corrected chi connectivity index (χ1v) is 9.08. The molecule has 136 valence electrons. The molecule has 0 spiro atoms. The average Bonchev–Trinajstić information content (AvgIpc) is 3.25. The second kappa shape index (κ2) is 7.19. The first-order chi connectivity index (χ1) is 13.1. The van der Waals surface area contributed by atoms with Crippen molar-refractivity contribution in [1.29, 1.82) is 0 Å². The van der Waals surface area contributed by atoms with Crippen LogP contribution in [0.25, 0.3) is 17.2 Å². The summed E-state index contributed by atoms with van der Waals surface area (Å²) in [6.45, 7) is 2.10. The van der Waals surface area contributed by atoms with Crippen LogP contribution < -0.4 is 5.32 Å². The van der Waals surface area contributed by atoms with Crippen LogP contribution in [0.1, 0.15) is 22.3 Å². The van der Waals surface area contributed by atoms with E-state index in [2.05, 4.69) is 40.5 Å². The van der Waals surface area contributed by atoms with Gasteiger partial charge in [0.15, 0.2) is 0 Å². The number of rotatable bonds is 4. The molecule has 0 radical (unpaired) electrons. The average molecular weight is 358 g/mol. The predicted molar refractivity (Wildman–Crippen MR) is 106 cm³/mol. The minimum Gasteiger partial charge on any atom is -0.349 e. The highest BCUT2D eigenvalue weighted by Gasteiger charge is 2.22. The van der Waals surface area contributed by atoms with Gasteiger partial charge in [0.25, 0.3) is 0 Å². The molecule has 1 amide bonds. The number of carbonyl (C=O) groups is 1. The zero-order valence-corrected chi connectivity index (χ0v) is 15.5. The second-order valence-electron chi connectivity index (χ2n) is 7.08. The van der Waals surface area contributed by atoms with Gasteiger partial charge in [0.2, 0.25) is 5.91 Å². The van der Waals surface area contributed by atoms with E-state index < -0.39 is 0 Å². The van der Waals surface area contributed by atoms with Gasteiger partial charge < -0.3 is 5.32 Å². The third-order valence-electron chi connectivity index (χ3n) is 4.92. The summed E-state index contributed by atoms with van der Waals surface area (Å²) in [5.74, 6) is -0.0782. The standard InChI is InChI=1S/C22H22N4O/c1-15-3-4-16-10-20(11-18(16)9-15)25-22(27)6-5-17-12-23-8-7-21(17)19-13-24-26(2)14-19/h3-9,12-14,20H,10-11H2,1-2H3,(H,25,27). The molecule has 1 atom stereocenters. The molecule has 0 aliphatic heterocycles. The van der Waals surface area contributed by atoms with E-state index in [-0.39, 0.29) is 11.9 Å². The van der Waals surface area contributed by atoms with Crippen molar-refractivity contribution in [1.82, 2.24) is 20.1 Å². The lowest BCUT2D eigenvalue weighted by molar-refractivity contribution is -0.117. The second-order valence-corrected chi connectivity index (χ2v) is 7.08. The van der Waals surface area contributed by atoms with Crippen molar-refractivity contribution < 1.29 is 4.79 Å². The molecule has 1 aliphatic carbocycles. The van der Waals surface area contributed by atoms with Gasteiger partial charge in [0.1, 0.15) is 0 Å². The summed E-state index contributed by atoms with van der Waals surface area (Å²) in [6.07, 6.45) is 12.5. The Balaban J connectivity index is 1.44. The predicted octanol–water partition coefficient (Wildman–Crippen LogP) is 3.09. The largest absolute Gasteiger partial charge is 0.349 e. The van der Waals surface area contributed by atoms with Gasteiger partial charge >= 0.3 is 0 Å². The Morgan fingerprint density at radius 1 is 1.22 bits per heavy atom. The highest BCUT2D eigenvalue weighted by atomic mass is 16.1. The Bertz CT molecular complexity index is 1020. The van der Waals surface area contributed by atoms with E-state index in [9.17, 15) is 4.79 Å². The molecule has 3 aromatic rings. The molecule has 0 bridgehead atoms. The monoisotopic (exact) mass is 358 g/mol. The van der Waals surface area contributed by atoms with Crippen LogP contribution in [-0.4, -0.2) is 26.7 Å². The number of benzene rings is 1. The normalized spacial score (nSPS) is 15.9. The summed E-state index contributed by atoms with van der Waals surface area (Å²) >= 11 is 0. The highest BCUT2D eigenvalue weighted by molar-refractivity contribution is 5.93. The number of nitrogens with one attached hydrogen (secondary N) is 1. The SMILES string of the molecule is Cc1ccc2c(c1)CC(NC(=O)C=Cc1cnccc1-c1cnn(C)c1)C2. The van der Waals surface area contributed by atoms with E-state index in [0.29, 0.717) is 0 Å². The van der Waals surface area contributed by atoms with Crippen LogP contribution in [0.5, 0.6) is 0 Å². The molecule has 0 saturated heterocycles. The lowest BCUT2D eigenvalue weighted by Gasteiger charge is -2.10. The van der Waals surface area contributed by atoms with Crippen molar-refractivity contribution in [2.75, 3.05) is 0 Å². The van der Waals surface area contributed by atoms with Crippen LogP contribution in [-0.2, 0) is 24.7 Å². The molecule has 1 N–H and O–H groups in total. The third-order valence-corrected chi connectivity index (χ3v) is 4.92. The molecule has 2 heterocycles. The van der Waals surface area contributed by atoms with Crippen LogP contribution in [0.15, 0.2) is 55.1 Å². The van der Waals surface area contributed by atoms with E-state index in [1.54, 1.807) is 23.2 Å². The number of hydrogen-bond donors (Lipinski definition) is 1. The molecular weight excluding hydrogens is 336 g/mol. The zero-order chi connectivity index (χ0) is 18.8. The minimum absolute atomic E-state index is 0.0782.